The smallest absolute Gasteiger partial charge is 0.237 e. The number of hydrogen-bond acceptors (Lipinski definition) is 5. The summed E-state index contributed by atoms with van der Waals surface area (Å²) in [6.45, 7) is 1.78. The number of pyridine rings is 1. The lowest BCUT2D eigenvalue weighted by atomic mass is 10.5. The molecule has 7 heteroatoms. The molecule has 1 amide bonds. The lowest BCUT2D eigenvalue weighted by molar-refractivity contribution is -0.113. The fourth-order valence-corrected chi connectivity index (χ4v) is 2.17. The fraction of sp³-hybridized carbons (Fsp3) is 0.182. The van der Waals surface area contributed by atoms with Crippen molar-refractivity contribution in [2.24, 2.45) is 0 Å². The van der Waals surface area contributed by atoms with E-state index >= 15 is 0 Å². The van der Waals surface area contributed by atoms with Gasteiger partial charge in [-0.05, 0) is 19.1 Å². The van der Waals surface area contributed by atoms with Crippen molar-refractivity contribution in [1.29, 1.82) is 0 Å². The van der Waals surface area contributed by atoms with E-state index in [4.69, 9.17) is 16.1 Å². The average molecular weight is 284 g/mol. The Bertz CT molecular complexity index is 559. The first-order valence-corrected chi connectivity index (χ1v) is 6.48. The molecule has 0 aromatic carbocycles. The van der Waals surface area contributed by atoms with E-state index < -0.39 is 0 Å². The zero-order chi connectivity index (χ0) is 13.0. The molecule has 2 heterocycles. The molecule has 0 saturated heterocycles. The van der Waals surface area contributed by atoms with Crippen LogP contribution in [0.4, 0.5) is 5.88 Å². The zero-order valence-electron chi connectivity index (χ0n) is 9.51. The number of nitrogens with zero attached hydrogens (tertiary/aromatic N) is 2. The maximum Gasteiger partial charge on any atom is 0.237 e. The normalized spacial score (nSPS) is 10.3. The second kappa shape index (κ2) is 5.88. The van der Waals surface area contributed by atoms with Crippen molar-refractivity contribution >= 4 is 35.2 Å². The highest BCUT2D eigenvalue weighted by molar-refractivity contribution is 8.00. The standard InChI is InChI=1S/C11H10ClN3O2S/c1-7-5-10(17-15-7)14-9(16)6-18-11-8(12)3-2-4-13-11/h2-5H,6H2,1H3,(H,14,16). The number of amides is 1. The van der Waals surface area contributed by atoms with E-state index in [-0.39, 0.29) is 11.7 Å². The molecule has 0 radical (unpaired) electrons. The molecule has 0 atom stereocenters. The first kappa shape index (κ1) is 12.9. The molecule has 0 aliphatic rings. The number of nitrogens with one attached hydrogen (secondary N) is 1. The molecule has 94 valence electrons. The van der Waals surface area contributed by atoms with Crippen LogP contribution in [0.15, 0.2) is 33.9 Å². The predicted octanol–water partition coefficient (Wildman–Crippen LogP) is 2.76. The van der Waals surface area contributed by atoms with Crippen molar-refractivity contribution in [2.45, 2.75) is 11.9 Å². The van der Waals surface area contributed by atoms with Crippen molar-refractivity contribution in [3.63, 3.8) is 0 Å². The molecule has 1 N–H and O–H groups in total. The Morgan fingerprint density at radius 3 is 3.11 bits per heavy atom. The lowest BCUT2D eigenvalue weighted by Gasteiger charge is -2.02. The highest BCUT2D eigenvalue weighted by Crippen LogP contribution is 2.24. The number of hydrogen-bond donors (Lipinski definition) is 1. The number of carbonyl (C=O) groups excluding carboxylic acids is 1. The van der Waals surface area contributed by atoms with Gasteiger partial charge < -0.3 is 4.52 Å². The van der Waals surface area contributed by atoms with Gasteiger partial charge in [0.2, 0.25) is 11.8 Å². The first-order valence-electron chi connectivity index (χ1n) is 5.11. The number of thioether (sulfide) groups is 1. The van der Waals surface area contributed by atoms with E-state index in [0.717, 1.165) is 0 Å². The quantitative estimate of drug-likeness (QED) is 0.874. The van der Waals surface area contributed by atoms with Crippen LogP contribution in [0.2, 0.25) is 5.02 Å². The Morgan fingerprint density at radius 1 is 1.61 bits per heavy atom. The number of carbonyl (C=O) groups is 1. The molecule has 2 aromatic heterocycles. The van der Waals surface area contributed by atoms with Gasteiger partial charge in [-0.3, -0.25) is 10.1 Å². The Kier molecular flexibility index (Phi) is 4.22. The maximum atomic E-state index is 11.6. The first-order chi connectivity index (χ1) is 8.65. The van der Waals surface area contributed by atoms with Crippen LogP contribution in [0, 0.1) is 6.92 Å². The van der Waals surface area contributed by atoms with Crippen LogP contribution in [0.3, 0.4) is 0 Å². The maximum absolute atomic E-state index is 11.6. The second-order valence-corrected chi connectivity index (χ2v) is 4.83. The van der Waals surface area contributed by atoms with Crippen molar-refractivity contribution in [3.05, 3.63) is 35.1 Å². The Labute approximate surface area is 113 Å². The van der Waals surface area contributed by atoms with E-state index in [9.17, 15) is 4.79 Å². The van der Waals surface area contributed by atoms with Gasteiger partial charge in [0.25, 0.3) is 0 Å². The van der Waals surface area contributed by atoms with Crippen molar-refractivity contribution < 1.29 is 9.32 Å². The van der Waals surface area contributed by atoms with Crippen LogP contribution < -0.4 is 5.32 Å². The largest absolute Gasteiger partial charge is 0.338 e. The number of halogens is 1. The minimum Gasteiger partial charge on any atom is -0.338 e. The molecule has 0 aliphatic carbocycles. The van der Waals surface area contributed by atoms with E-state index in [2.05, 4.69) is 15.5 Å². The fourth-order valence-electron chi connectivity index (χ4n) is 1.21. The van der Waals surface area contributed by atoms with Crippen LogP contribution in [0.25, 0.3) is 0 Å². The Balaban J connectivity index is 1.87. The van der Waals surface area contributed by atoms with Gasteiger partial charge in [0, 0.05) is 12.3 Å². The summed E-state index contributed by atoms with van der Waals surface area (Å²) in [6, 6.07) is 5.12. The summed E-state index contributed by atoms with van der Waals surface area (Å²) >= 11 is 7.19. The van der Waals surface area contributed by atoms with Crippen molar-refractivity contribution in [3.8, 4) is 0 Å². The monoisotopic (exact) mass is 283 g/mol. The van der Waals surface area contributed by atoms with Crippen LogP contribution in [-0.4, -0.2) is 21.8 Å². The van der Waals surface area contributed by atoms with E-state index in [0.29, 0.717) is 21.6 Å². The number of anilines is 1. The molecule has 0 unspecified atom stereocenters. The van der Waals surface area contributed by atoms with Crippen LogP contribution >= 0.6 is 23.4 Å². The summed E-state index contributed by atoms with van der Waals surface area (Å²) in [7, 11) is 0. The number of aryl methyl sites for hydroxylation is 1. The Morgan fingerprint density at radius 2 is 2.44 bits per heavy atom. The molecule has 18 heavy (non-hydrogen) atoms. The van der Waals surface area contributed by atoms with Crippen LogP contribution in [0.1, 0.15) is 5.69 Å². The minimum atomic E-state index is -0.196. The van der Waals surface area contributed by atoms with E-state index in [1.54, 1.807) is 31.3 Å². The molecule has 0 fully saturated rings. The van der Waals surface area contributed by atoms with Crippen molar-refractivity contribution in [1.82, 2.24) is 10.1 Å². The predicted molar refractivity (Wildman–Crippen MR) is 69.8 cm³/mol. The topological polar surface area (TPSA) is 68.0 Å². The SMILES string of the molecule is Cc1cc(NC(=O)CSc2ncccc2Cl)on1. The van der Waals surface area contributed by atoms with Gasteiger partial charge in [-0.2, -0.15) is 0 Å². The minimum absolute atomic E-state index is 0.196. The molecule has 0 spiro atoms. The molecule has 0 bridgehead atoms. The zero-order valence-corrected chi connectivity index (χ0v) is 11.1. The van der Waals surface area contributed by atoms with Gasteiger partial charge in [-0.1, -0.05) is 28.5 Å². The van der Waals surface area contributed by atoms with Crippen LogP contribution in [-0.2, 0) is 4.79 Å². The van der Waals surface area contributed by atoms with Crippen molar-refractivity contribution in [2.75, 3.05) is 11.1 Å². The third-order valence-electron chi connectivity index (χ3n) is 1.96. The van der Waals surface area contributed by atoms with Gasteiger partial charge in [-0.25, -0.2) is 4.98 Å². The molecule has 0 saturated carbocycles. The Hall–Kier alpha value is -1.53. The molecule has 5 nitrogen and oxygen atoms in total. The van der Waals surface area contributed by atoms with Gasteiger partial charge >= 0.3 is 0 Å². The molecule has 2 rings (SSSR count). The summed E-state index contributed by atoms with van der Waals surface area (Å²) < 4.78 is 4.88. The highest BCUT2D eigenvalue weighted by atomic mass is 35.5. The number of rotatable bonds is 4. The third kappa shape index (κ3) is 3.48. The average Bonchev–Trinajstić information content (AvgIpc) is 2.74. The third-order valence-corrected chi connectivity index (χ3v) is 3.38. The summed E-state index contributed by atoms with van der Waals surface area (Å²) in [5.74, 6) is 0.347. The second-order valence-electron chi connectivity index (χ2n) is 3.46. The van der Waals surface area contributed by atoms with Gasteiger partial charge in [0.15, 0.2) is 0 Å². The molecule has 0 aliphatic heterocycles. The van der Waals surface area contributed by atoms with E-state index in [1.807, 2.05) is 0 Å². The highest BCUT2D eigenvalue weighted by Gasteiger charge is 2.09. The summed E-state index contributed by atoms with van der Waals surface area (Å²) in [5.41, 5.74) is 0.714. The van der Waals surface area contributed by atoms with Gasteiger partial charge in [0.05, 0.1) is 16.5 Å². The van der Waals surface area contributed by atoms with Crippen LogP contribution in [0.5, 0.6) is 0 Å². The van der Waals surface area contributed by atoms with Gasteiger partial charge in [0.1, 0.15) is 5.03 Å². The molecule has 2 aromatic rings. The molecular formula is C11H10ClN3O2S. The summed E-state index contributed by atoms with van der Waals surface area (Å²) in [5, 5.41) is 7.43. The summed E-state index contributed by atoms with van der Waals surface area (Å²) in [4.78, 5) is 15.7. The lowest BCUT2D eigenvalue weighted by Crippen LogP contribution is -2.13. The van der Waals surface area contributed by atoms with Gasteiger partial charge in [-0.15, -0.1) is 0 Å². The van der Waals surface area contributed by atoms with E-state index in [1.165, 1.54) is 11.8 Å². The molecular weight excluding hydrogens is 274 g/mol. The number of aromatic nitrogens is 2. The summed E-state index contributed by atoms with van der Waals surface area (Å²) in [6.07, 6.45) is 1.63.